The van der Waals surface area contributed by atoms with Crippen LogP contribution in [0.1, 0.15) is 57.8 Å². The van der Waals surface area contributed by atoms with Crippen molar-refractivity contribution in [3.05, 3.63) is 0 Å². The molecular weight excluding hydrogens is 308 g/mol. The third-order valence-corrected chi connectivity index (χ3v) is 5.36. The van der Waals surface area contributed by atoms with Gasteiger partial charge in [0.1, 0.15) is 17.3 Å². The minimum atomic E-state index is -0.874. The Bertz CT molecular complexity index is 409. The van der Waals surface area contributed by atoms with Gasteiger partial charge in [0.05, 0.1) is 0 Å². The molecule has 0 aliphatic carbocycles. The van der Waals surface area contributed by atoms with Crippen LogP contribution in [0.25, 0.3) is 0 Å². The molecule has 0 amide bonds. The Morgan fingerprint density at radius 1 is 0.833 bits per heavy atom. The van der Waals surface area contributed by atoms with Gasteiger partial charge in [-0.15, -0.1) is 0 Å². The van der Waals surface area contributed by atoms with Gasteiger partial charge in [-0.2, -0.15) is 0 Å². The van der Waals surface area contributed by atoms with Crippen molar-refractivity contribution >= 4 is 11.6 Å². The van der Waals surface area contributed by atoms with Crippen LogP contribution in [-0.4, -0.2) is 76.6 Å². The molecule has 2 heterocycles. The lowest BCUT2D eigenvalue weighted by atomic mass is 9.95. The van der Waals surface area contributed by atoms with Gasteiger partial charge in [-0.1, -0.05) is 0 Å². The zero-order valence-electron chi connectivity index (χ0n) is 14.7. The van der Waals surface area contributed by atoms with Crippen molar-refractivity contribution < 1.29 is 19.8 Å². The normalized spacial score (nSPS) is 23.4. The van der Waals surface area contributed by atoms with Crippen molar-refractivity contribution in [2.75, 3.05) is 39.3 Å². The lowest BCUT2D eigenvalue weighted by Gasteiger charge is -2.42. The van der Waals surface area contributed by atoms with E-state index in [1.54, 1.807) is 0 Å². The van der Waals surface area contributed by atoms with Gasteiger partial charge >= 0.3 is 0 Å². The summed E-state index contributed by atoms with van der Waals surface area (Å²) in [5.74, 6) is 0.631. The van der Waals surface area contributed by atoms with E-state index in [1.807, 2.05) is 0 Å². The predicted molar refractivity (Wildman–Crippen MR) is 91.6 cm³/mol. The third kappa shape index (κ3) is 5.92. The summed E-state index contributed by atoms with van der Waals surface area (Å²) in [4.78, 5) is 27.1. The van der Waals surface area contributed by atoms with Crippen LogP contribution >= 0.6 is 0 Å². The lowest BCUT2D eigenvalue weighted by Crippen LogP contribution is -2.52. The molecule has 2 aliphatic heterocycles. The zero-order valence-corrected chi connectivity index (χ0v) is 14.7. The number of ketones is 2. The molecule has 0 radical (unpaired) electrons. The highest BCUT2D eigenvalue weighted by atomic mass is 16.3. The maximum atomic E-state index is 11.5. The highest BCUT2D eigenvalue weighted by molar-refractivity contribution is 5.79. The van der Waals surface area contributed by atoms with Gasteiger partial charge in [-0.05, 0) is 38.6 Å². The van der Waals surface area contributed by atoms with Gasteiger partial charge in [-0.3, -0.25) is 14.5 Å². The van der Waals surface area contributed by atoms with Crippen LogP contribution in [-0.2, 0) is 9.59 Å². The number of Topliss-reactive ketones (excluding diaryl/α,β-unsaturated/α-hetero) is 2. The molecule has 0 saturated carbocycles. The Balaban J connectivity index is 1.82. The average Bonchev–Trinajstić information content (AvgIpc) is 2.57. The van der Waals surface area contributed by atoms with E-state index in [1.165, 1.54) is 0 Å². The topological polar surface area (TPSA) is 81.1 Å². The lowest BCUT2D eigenvalue weighted by molar-refractivity contribution is -0.143. The number of aliphatic hydroxyl groups excluding tert-OH is 1. The summed E-state index contributed by atoms with van der Waals surface area (Å²) in [6.07, 6.45) is 6.03. The molecule has 6 heteroatoms. The summed E-state index contributed by atoms with van der Waals surface area (Å²) >= 11 is 0. The quantitative estimate of drug-likeness (QED) is 0.608. The summed E-state index contributed by atoms with van der Waals surface area (Å²) in [6.45, 7) is 3.98. The van der Waals surface area contributed by atoms with E-state index in [9.17, 15) is 14.7 Å². The fraction of sp³-hybridized carbons (Fsp3) is 0.889. The second-order valence-electron chi connectivity index (χ2n) is 7.17. The fourth-order valence-electron chi connectivity index (χ4n) is 3.75. The number of piperidine rings is 2. The van der Waals surface area contributed by atoms with Crippen LogP contribution in [0, 0.1) is 0 Å². The molecule has 2 N–H and O–H groups in total. The Labute approximate surface area is 144 Å². The summed E-state index contributed by atoms with van der Waals surface area (Å²) in [6, 6.07) is 0. The molecule has 2 rings (SSSR count). The van der Waals surface area contributed by atoms with Crippen molar-refractivity contribution in [1.82, 2.24) is 9.80 Å². The zero-order chi connectivity index (χ0) is 17.4. The molecule has 0 bridgehead atoms. The maximum Gasteiger partial charge on any atom is 0.135 e. The van der Waals surface area contributed by atoms with E-state index in [2.05, 4.69) is 9.80 Å². The summed E-state index contributed by atoms with van der Waals surface area (Å²) in [5.41, 5.74) is -0.874. The molecule has 0 spiro atoms. The number of nitrogens with zero attached hydrogens (tertiary/aromatic N) is 2. The first-order valence-corrected chi connectivity index (χ1v) is 9.37. The first-order chi connectivity index (χ1) is 11.5. The van der Waals surface area contributed by atoms with Crippen molar-refractivity contribution in [2.24, 2.45) is 0 Å². The molecule has 1 atom stereocenters. The number of hydrogen-bond acceptors (Lipinski definition) is 6. The SMILES string of the molecule is O=C1CCN(CCCC(O)(CCCCO)N2CCC(=O)CC2)CC1. The minimum Gasteiger partial charge on any atom is -0.396 e. The van der Waals surface area contributed by atoms with E-state index in [0.717, 1.165) is 32.5 Å². The van der Waals surface area contributed by atoms with Crippen LogP contribution < -0.4 is 0 Å². The first kappa shape index (κ1) is 19.5. The number of aliphatic hydroxyl groups is 2. The molecule has 2 fully saturated rings. The van der Waals surface area contributed by atoms with Crippen molar-refractivity contribution in [1.29, 1.82) is 0 Å². The van der Waals surface area contributed by atoms with E-state index in [4.69, 9.17) is 5.11 Å². The monoisotopic (exact) mass is 340 g/mol. The number of unbranched alkanes of at least 4 members (excludes halogenated alkanes) is 1. The smallest absolute Gasteiger partial charge is 0.135 e. The summed E-state index contributed by atoms with van der Waals surface area (Å²) < 4.78 is 0. The molecular formula is C18H32N2O4. The van der Waals surface area contributed by atoms with Gasteiger partial charge in [0.25, 0.3) is 0 Å². The largest absolute Gasteiger partial charge is 0.396 e. The van der Waals surface area contributed by atoms with E-state index in [0.29, 0.717) is 63.8 Å². The molecule has 0 aromatic carbocycles. The number of carbonyl (C=O) groups excluding carboxylic acids is 2. The molecule has 2 aliphatic rings. The van der Waals surface area contributed by atoms with Crippen LogP contribution in [0.3, 0.4) is 0 Å². The number of rotatable bonds is 9. The number of hydrogen-bond donors (Lipinski definition) is 2. The maximum absolute atomic E-state index is 11.5. The van der Waals surface area contributed by atoms with Crippen molar-refractivity contribution in [2.45, 2.75) is 63.5 Å². The van der Waals surface area contributed by atoms with Crippen LogP contribution in [0.5, 0.6) is 0 Å². The van der Waals surface area contributed by atoms with Crippen molar-refractivity contribution in [3.8, 4) is 0 Å². The van der Waals surface area contributed by atoms with Gasteiger partial charge in [-0.25, -0.2) is 0 Å². The average molecular weight is 340 g/mol. The Hall–Kier alpha value is -0.820. The molecule has 2 saturated heterocycles. The summed E-state index contributed by atoms with van der Waals surface area (Å²) in [5, 5.41) is 20.2. The molecule has 6 nitrogen and oxygen atoms in total. The second-order valence-corrected chi connectivity index (χ2v) is 7.17. The highest BCUT2D eigenvalue weighted by Gasteiger charge is 2.35. The highest BCUT2D eigenvalue weighted by Crippen LogP contribution is 2.28. The summed E-state index contributed by atoms with van der Waals surface area (Å²) in [7, 11) is 0. The first-order valence-electron chi connectivity index (χ1n) is 9.37. The molecule has 0 aromatic rings. The number of carbonyl (C=O) groups is 2. The van der Waals surface area contributed by atoms with E-state index >= 15 is 0 Å². The predicted octanol–water partition coefficient (Wildman–Crippen LogP) is 0.948. The molecule has 24 heavy (non-hydrogen) atoms. The molecule has 1 unspecified atom stereocenters. The van der Waals surface area contributed by atoms with Gasteiger partial charge < -0.3 is 15.1 Å². The van der Waals surface area contributed by atoms with Gasteiger partial charge in [0, 0.05) is 58.5 Å². The van der Waals surface area contributed by atoms with E-state index in [-0.39, 0.29) is 12.4 Å². The van der Waals surface area contributed by atoms with Gasteiger partial charge in [0.2, 0.25) is 0 Å². The second kappa shape index (κ2) is 9.61. The van der Waals surface area contributed by atoms with Crippen LogP contribution in [0.2, 0.25) is 0 Å². The Kier molecular flexibility index (Phi) is 7.81. The van der Waals surface area contributed by atoms with Crippen LogP contribution in [0.4, 0.5) is 0 Å². The Morgan fingerprint density at radius 3 is 1.96 bits per heavy atom. The standard InChI is InChI=1S/C18H32N2O4/c21-15-2-1-8-18(24,20-13-6-17(23)7-14-20)9-3-10-19-11-4-16(22)5-12-19/h21,24H,1-15H2. The minimum absolute atomic E-state index is 0.149. The van der Waals surface area contributed by atoms with Crippen molar-refractivity contribution in [3.63, 3.8) is 0 Å². The molecule has 0 aromatic heterocycles. The van der Waals surface area contributed by atoms with E-state index < -0.39 is 5.72 Å². The molecule has 138 valence electrons. The Morgan fingerprint density at radius 2 is 1.38 bits per heavy atom. The van der Waals surface area contributed by atoms with Gasteiger partial charge in [0.15, 0.2) is 0 Å². The number of likely N-dealkylation sites (tertiary alicyclic amines) is 2. The third-order valence-electron chi connectivity index (χ3n) is 5.36. The van der Waals surface area contributed by atoms with Crippen LogP contribution in [0.15, 0.2) is 0 Å². The fourth-order valence-corrected chi connectivity index (χ4v) is 3.75.